The van der Waals surface area contributed by atoms with E-state index in [4.69, 9.17) is 12.2 Å². The molecule has 1 unspecified atom stereocenters. The number of hydrogen-bond acceptors (Lipinski definition) is 1. The highest BCUT2D eigenvalue weighted by Crippen LogP contribution is 1.99. The first kappa shape index (κ1) is 10.7. The van der Waals surface area contributed by atoms with Gasteiger partial charge in [-0.3, -0.25) is 0 Å². The smallest absolute Gasteiger partial charge is 0.166 e. The molecule has 0 aromatic heterocycles. The summed E-state index contributed by atoms with van der Waals surface area (Å²) in [5.74, 6) is 0. The molecule has 11 heavy (non-hydrogen) atoms. The topological polar surface area (TPSA) is 24.1 Å². The average molecular weight is 174 g/mol. The van der Waals surface area contributed by atoms with Crippen LogP contribution >= 0.6 is 12.2 Å². The molecule has 1 atom stereocenters. The van der Waals surface area contributed by atoms with E-state index >= 15 is 0 Å². The fourth-order valence-electron chi connectivity index (χ4n) is 0.984. The van der Waals surface area contributed by atoms with E-state index in [0.29, 0.717) is 6.04 Å². The molecule has 0 spiro atoms. The van der Waals surface area contributed by atoms with Crippen molar-refractivity contribution in [2.45, 2.75) is 39.2 Å². The summed E-state index contributed by atoms with van der Waals surface area (Å²) in [6.45, 7) is 4.36. The molecule has 0 aromatic carbocycles. The molecule has 2 nitrogen and oxygen atoms in total. The zero-order valence-corrected chi connectivity index (χ0v) is 8.42. The molecule has 0 aromatic rings. The Morgan fingerprint density at radius 3 is 2.45 bits per heavy atom. The molecule has 0 saturated carbocycles. The predicted octanol–water partition coefficient (Wildman–Crippen LogP) is 1.66. The van der Waals surface area contributed by atoms with E-state index < -0.39 is 0 Å². The van der Waals surface area contributed by atoms with Gasteiger partial charge in [-0.2, -0.15) is 0 Å². The van der Waals surface area contributed by atoms with Crippen LogP contribution in [0.1, 0.15) is 33.1 Å². The van der Waals surface area contributed by atoms with E-state index in [-0.39, 0.29) is 0 Å². The number of hydrogen-bond donors (Lipinski definition) is 2. The molecule has 0 radical (unpaired) electrons. The van der Waals surface area contributed by atoms with E-state index in [0.717, 1.165) is 11.5 Å². The van der Waals surface area contributed by atoms with E-state index in [1.54, 1.807) is 0 Å². The van der Waals surface area contributed by atoms with Crippen LogP contribution in [0.4, 0.5) is 0 Å². The molecule has 0 aliphatic carbocycles. The second-order valence-electron chi connectivity index (χ2n) is 2.62. The first-order chi connectivity index (χ1) is 5.24. The fourth-order valence-corrected chi connectivity index (χ4v) is 1.15. The van der Waals surface area contributed by atoms with Crippen LogP contribution in [0.3, 0.4) is 0 Å². The zero-order chi connectivity index (χ0) is 8.69. The minimum Gasteiger partial charge on any atom is -0.366 e. The Morgan fingerprint density at radius 2 is 2.09 bits per heavy atom. The lowest BCUT2D eigenvalue weighted by Crippen LogP contribution is -2.39. The van der Waals surface area contributed by atoms with Gasteiger partial charge in [-0.15, -0.1) is 0 Å². The van der Waals surface area contributed by atoms with E-state index in [1.165, 1.54) is 12.8 Å². The molecule has 0 bridgehead atoms. The van der Waals surface area contributed by atoms with Crippen molar-refractivity contribution >= 4 is 17.3 Å². The summed E-state index contributed by atoms with van der Waals surface area (Å²) in [6, 6.07) is 0.542. The lowest BCUT2D eigenvalue weighted by molar-refractivity contribution is 0.534. The van der Waals surface area contributed by atoms with Crippen molar-refractivity contribution in [2.24, 2.45) is 0 Å². The minimum absolute atomic E-state index is 0.542. The molecule has 0 rings (SSSR count). The number of thiocarbonyl (C=S) groups is 1. The van der Waals surface area contributed by atoms with Gasteiger partial charge in [-0.05, 0) is 25.1 Å². The Labute approximate surface area is 74.8 Å². The van der Waals surface area contributed by atoms with E-state index in [2.05, 4.69) is 24.5 Å². The first-order valence-corrected chi connectivity index (χ1v) is 4.63. The van der Waals surface area contributed by atoms with Gasteiger partial charge in [0.1, 0.15) is 0 Å². The van der Waals surface area contributed by atoms with Gasteiger partial charge in [-0.1, -0.05) is 20.3 Å². The lowest BCUT2D eigenvalue weighted by Gasteiger charge is -2.17. The molecular formula is C8H18N2S. The summed E-state index contributed by atoms with van der Waals surface area (Å²) in [7, 11) is 1.84. The first-order valence-electron chi connectivity index (χ1n) is 4.22. The molecule has 0 aliphatic rings. The maximum Gasteiger partial charge on any atom is 0.166 e. The van der Waals surface area contributed by atoms with Crippen LogP contribution in [0, 0.1) is 0 Å². The summed E-state index contributed by atoms with van der Waals surface area (Å²) >= 11 is 4.99. The van der Waals surface area contributed by atoms with Crippen molar-refractivity contribution < 1.29 is 0 Å². The van der Waals surface area contributed by atoms with Crippen molar-refractivity contribution in [3.05, 3.63) is 0 Å². The van der Waals surface area contributed by atoms with Gasteiger partial charge in [0.05, 0.1) is 0 Å². The summed E-state index contributed by atoms with van der Waals surface area (Å²) in [4.78, 5) is 0. The maximum atomic E-state index is 4.99. The third kappa shape index (κ3) is 5.01. The summed E-state index contributed by atoms with van der Waals surface area (Å²) < 4.78 is 0. The van der Waals surface area contributed by atoms with Crippen molar-refractivity contribution in [2.75, 3.05) is 7.05 Å². The van der Waals surface area contributed by atoms with Crippen molar-refractivity contribution in [1.29, 1.82) is 0 Å². The number of rotatable bonds is 4. The Morgan fingerprint density at radius 1 is 1.45 bits per heavy atom. The predicted molar refractivity (Wildman–Crippen MR) is 53.8 cm³/mol. The summed E-state index contributed by atoms with van der Waals surface area (Å²) in [5.41, 5.74) is 0. The Kier molecular flexibility index (Phi) is 6.22. The molecular weight excluding hydrogens is 156 g/mol. The quantitative estimate of drug-likeness (QED) is 0.634. The van der Waals surface area contributed by atoms with E-state index in [9.17, 15) is 0 Å². The largest absolute Gasteiger partial charge is 0.366 e. The van der Waals surface area contributed by atoms with Gasteiger partial charge >= 0.3 is 0 Å². The molecule has 0 amide bonds. The Hall–Kier alpha value is -0.310. The SMILES string of the molecule is CCCC(CC)NC(=S)NC. The standard InChI is InChI=1S/C8H18N2S/c1-4-6-7(5-2)10-8(11)9-3/h7H,4-6H2,1-3H3,(H2,9,10,11). The minimum atomic E-state index is 0.542. The molecule has 3 heteroatoms. The van der Waals surface area contributed by atoms with Gasteiger partial charge < -0.3 is 10.6 Å². The van der Waals surface area contributed by atoms with Crippen LogP contribution in [0.2, 0.25) is 0 Å². The lowest BCUT2D eigenvalue weighted by atomic mass is 10.1. The van der Waals surface area contributed by atoms with Crippen LogP contribution in [-0.2, 0) is 0 Å². The van der Waals surface area contributed by atoms with Crippen LogP contribution in [0.25, 0.3) is 0 Å². The van der Waals surface area contributed by atoms with Crippen LogP contribution in [0.15, 0.2) is 0 Å². The molecule has 2 N–H and O–H groups in total. The van der Waals surface area contributed by atoms with Crippen molar-refractivity contribution in [1.82, 2.24) is 10.6 Å². The maximum absolute atomic E-state index is 4.99. The highest BCUT2D eigenvalue weighted by atomic mass is 32.1. The monoisotopic (exact) mass is 174 g/mol. The van der Waals surface area contributed by atoms with Gasteiger partial charge in [0, 0.05) is 13.1 Å². The second-order valence-corrected chi connectivity index (χ2v) is 3.03. The van der Waals surface area contributed by atoms with Gasteiger partial charge in [-0.25, -0.2) is 0 Å². The van der Waals surface area contributed by atoms with Crippen molar-refractivity contribution in [3.8, 4) is 0 Å². The molecule has 0 aliphatic heterocycles. The zero-order valence-electron chi connectivity index (χ0n) is 7.61. The third-order valence-corrected chi connectivity index (χ3v) is 2.01. The number of nitrogens with one attached hydrogen (secondary N) is 2. The molecule has 0 saturated heterocycles. The van der Waals surface area contributed by atoms with Crippen molar-refractivity contribution in [3.63, 3.8) is 0 Å². The van der Waals surface area contributed by atoms with E-state index in [1.807, 2.05) is 7.05 Å². The van der Waals surface area contributed by atoms with Gasteiger partial charge in [0.25, 0.3) is 0 Å². The molecule has 0 fully saturated rings. The second kappa shape index (κ2) is 6.40. The van der Waals surface area contributed by atoms with Crippen LogP contribution in [-0.4, -0.2) is 18.2 Å². The fraction of sp³-hybridized carbons (Fsp3) is 0.875. The van der Waals surface area contributed by atoms with Gasteiger partial charge in [0.15, 0.2) is 5.11 Å². The summed E-state index contributed by atoms with van der Waals surface area (Å²) in [5, 5.41) is 6.90. The molecule has 66 valence electrons. The average Bonchev–Trinajstić information content (AvgIpc) is 2.03. The van der Waals surface area contributed by atoms with Crippen LogP contribution < -0.4 is 10.6 Å². The van der Waals surface area contributed by atoms with Gasteiger partial charge in [0.2, 0.25) is 0 Å². The van der Waals surface area contributed by atoms with Crippen LogP contribution in [0.5, 0.6) is 0 Å². The third-order valence-electron chi connectivity index (χ3n) is 1.69. The molecule has 0 heterocycles. The normalized spacial score (nSPS) is 12.3. The Bertz CT molecular complexity index is 115. The summed E-state index contributed by atoms with van der Waals surface area (Å²) in [6.07, 6.45) is 3.53. The highest BCUT2D eigenvalue weighted by Gasteiger charge is 2.03. The Balaban J connectivity index is 3.58. The highest BCUT2D eigenvalue weighted by molar-refractivity contribution is 7.80.